The molecule has 0 bridgehead atoms. The molecular weight excluding hydrogens is 444 g/mol. The Balaban J connectivity index is 2.56. The summed E-state index contributed by atoms with van der Waals surface area (Å²) in [6, 6.07) is 5.59. The molecule has 1 aromatic rings. The van der Waals surface area contributed by atoms with E-state index in [4.69, 9.17) is 5.11 Å². The Morgan fingerprint density at radius 3 is 2.82 bits per heavy atom. The van der Waals surface area contributed by atoms with Gasteiger partial charge in [0.1, 0.15) is 0 Å². The molecule has 0 radical (unpaired) electrons. The number of halogens is 2. The molecule has 0 saturated heterocycles. The highest BCUT2D eigenvalue weighted by Crippen LogP contribution is 2.38. The smallest absolute Gasteiger partial charge is 0.333 e. The van der Waals surface area contributed by atoms with E-state index in [2.05, 4.69) is 52.0 Å². The van der Waals surface area contributed by atoms with Crippen LogP contribution >= 0.6 is 45.5 Å². The van der Waals surface area contributed by atoms with Gasteiger partial charge in [-0.05, 0) is 45.9 Å². The van der Waals surface area contributed by atoms with Crippen molar-refractivity contribution >= 4 is 57.5 Å². The molecule has 1 aliphatic rings. The standard InChI is InChI=1S/C12H9I2NO2/c1-7(12(16)17)11-9-3-2-4-10(13)8(9)5-6-15(11)14/h2-6,11H,1H2,(H,16,17). The van der Waals surface area contributed by atoms with Crippen molar-refractivity contribution in [1.82, 2.24) is 3.11 Å². The number of rotatable bonds is 2. The van der Waals surface area contributed by atoms with Gasteiger partial charge in [0.15, 0.2) is 0 Å². The number of fused-ring (bicyclic) bond motifs is 1. The van der Waals surface area contributed by atoms with Crippen LogP contribution in [-0.4, -0.2) is 14.2 Å². The Labute approximate surface area is 127 Å². The molecule has 88 valence electrons. The van der Waals surface area contributed by atoms with Crippen LogP contribution in [0.25, 0.3) is 6.08 Å². The molecule has 1 atom stereocenters. The van der Waals surface area contributed by atoms with Gasteiger partial charge in [0, 0.05) is 9.77 Å². The van der Waals surface area contributed by atoms with Crippen LogP contribution in [0.5, 0.6) is 0 Å². The maximum absolute atomic E-state index is 11.1. The van der Waals surface area contributed by atoms with Gasteiger partial charge < -0.3 is 8.22 Å². The van der Waals surface area contributed by atoms with Crippen molar-refractivity contribution in [3.8, 4) is 0 Å². The largest absolute Gasteiger partial charge is 0.478 e. The van der Waals surface area contributed by atoms with Gasteiger partial charge in [-0.3, -0.25) is 0 Å². The summed E-state index contributed by atoms with van der Waals surface area (Å²) in [5.74, 6) is -0.961. The van der Waals surface area contributed by atoms with Crippen molar-refractivity contribution in [2.75, 3.05) is 0 Å². The third-order valence-electron chi connectivity index (χ3n) is 2.62. The molecule has 1 N–H and O–H groups in total. The summed E-state index contributed by atoms with van der Waals surface area (Å²) in [6.07, 6.45) is 3.87. The van der Waals surface area contributed by atoms with Gasteiger partial charge in [-0.25, -0.2) is 4.79 Å². The summed E-state index contributed by atoms with van der Waals surface area (Å²) >= 11 is 4.35. The van der Waals surface area contributed by atoms with E-state index in [9.17, 15) is 4.79 Å². The van der Waals surface area contributed by atoms with Crippen LogP contribution in [0.15, 0.2) is 36.6 Å². The summed E-state index contributed by atoms with van der Waals surface area (Å²) in [5.41, 5.74) is 2.25. The van der Waals surface area contributed by atoms with Crippen molar-refractivity contribution in [2.24, 2.45) is 0 Å². The minimum atomic E-state index is -0.961. The maximum Gasteiger partial charge on any atom is 0.333 e. The first kappa shape index (κ1) is 12.9. The third kappa shape index (κ3) is 2.35. The van der Waals surface area contributed by atoms with E-state index in [1.165, 1.54) is 0 Å². The molecule has 3 nitrogen and oxygen atoms in total. The second kappa shape index (κ2) is 4.97. The molecule has 0 fully saturated rings. The molecule has 2 rings (SSSR count). The van der Waals surface area contributed by atoms with Crippen LogP contribution in [0, 0.1) is 3.57 Å². The normalized spacial score (nSPS) is 17.8. The fraction of sp³-hybridized carbons (Fsp3) is 0.0833. The maximum atomic E-state index is 11.1. The molecule has 1 aliphatic heterocycles. The molecule has 0 aliphatic carbocycles. The third-order valence-corrected chi connectivity index (χ3v) is 4.44. The van der Waals surface area contributed by atoms with Gasteiger partial charge in [0.2, 0.25) is 0 Å². The number of nitrogens with zero attached hydrogens (tertiary/aromatic N) is 1. The van der Waals surface area contributed by atoms with E-state index >= 15 is 0 Å². The van der Waals surface area contributed by atoms with E-state index in [0.29, 0.717) is 0 Å². The van der Waals surface area contributed by atoms with E-state index in [-0.39, 0.29) is 11.6 Å². The number of carboxylic acid groups (broad SMARTS) is 1. The number of hydrogen-bond donors (Lipinski definition) is 1. The van der Waals surface area contributed by atoms with Crippen molar-refractivity contribution in [3.05, 3.63) is 51.2 Å². The first-order valence-corrected chi connectivity index (χ1v) is 6.89. The van der Waals surface area contributed by atoms with Crippen molar-refractivity contribution < 1.29 is 9.90 Å². The molecular formula is C12H9I2NO2. The van der Waals surface area contributed by atoms with Gasteiger partial charge in [-0.2, -0.15) is 0 Å². The van der Waals surface area contributed by atoms with Crippen LogP contribution in [0.2, 0.25) is 0 Å². The predicted molar refractivity (Wildman–Crippen MR) is 83.6 cm³/mol. The lowest BCUT2D eigenvalue weighted by atomic mass is 9.93. The fourth-order valence-electron chi connectivity index (χ4n) is 1.79. The van der Waals surface area contributed by atoms with Crippen LogP contribution < -0.4 is 0 Å². The van der Waals surface area contributed by atoms with Gasteiger partial charge in [-0.15, -0.1) is 0 Å². The Morgan fingerprint density at radius 1 is 1.47 bits per heavy atom. The number of hydrogen-bond acceptors (Lipinski definition) is 2. The predicted octanol–water partition coefficient (Wildman–Crippen LogP) is 3.61. The molecule has 1 aromatic carbocycles. The summed E-state index contributed by atoms with van der Waals surface area (Å²) < 4.78 is 2.95. The molecule has 0 spiro atoms. The summed E-state index contributed by atoms with van der Waals surface area (Å²) in [6.45, 7) is 3.67. The second-order valence-electron chi connectivity index (χ2n) is 3.64. The topological polar surface area (TPSA) is 40.5 Å². The molecule has 0 amide bonds. The van der Waals surface area contributed by atoms with Crippen LogP contribution in [0.3, 0.4) is 0 Å². The van der Waals surface area contributed by atoms with Crippen molar-refractivity contribution in [1.29, 1.82) is 0 Å². The minimum Gasteiger partial charge on any atom is -0.478 e. The van der Waals surface area contributed by atoms with Crippen LogP contribution in [0.4, 0.5) is 0 Å². The molecule has 1 unspecified atom stereocenters. The highest BCUT2D eigenvalue weighted by atomic mass is 127. The summed E-state index contributed by atoms with van der Waals surface area (Å²) in [7, 11) is 0. The number of carbonyl (C=O) groups is 1. The van der Waals surface area contributed by atoms with Crippen molar-refractivity contribution in [2.45, 2.75) is 6.04 Å². The van der Waals surface area contributed by atoms with Crippen molar-refractivity contribution in [3.63, 3.8) is 0 Å². The second-order valence-corrected chi connectivity index (χ2v) is 5.91. The van der Waals surface area contributed by atoms with E-state index < -0.39 is 5.97 Å². The van der Waals surface area contributed by atoms with E-state index in [1.54, 1.807) is 0 Å². The number of carboxylic acids is 1. The zero-order valence-electron chi connectivity index (χ0n) is 8.73. The van der Waals surface area contributed by atoms with E-state index in [0.717, 1.165) is 14.7 Å². The van der Waals surface area contributed by atoms with Gasteiger partial charge in [-0.1, -0.05) is 18.7 Å². The molecule has 17 heavy (non-hydrogen) atoms. The lowest BCUT2D eigenvalue weighted by Gasteiger charge is -2.30. The zero-order valence-corrected chi connectivity index (χ0v) is 13.0. The Kier molecular flexibility index (Phi) is 3.76. The van der Waals surface area contributed by atoms with Gasteiger partial charge in [0.25, 0.3) is 0 Å². The average molecular weight is 453 g/mol. The Bertz CT molecular complexity index is 525. The SMILES string of the molecule is C=C(C(=O)O)C1c2cccc(I)c2C=CN1I. The summed E-state index contributed by atoms with van der Waals surface area (Å²) in [4.78, 5) is 11.1. The Morgan fingerprint density at radius 2 is 2.18 bits per heavy atom. The first-order chi connectivity index (χ1) is 8.02. The quantitative estimate of drug-likeness (QED) is 0.423. The number of aliphatic carboxylic acids is 1. The van der Waals surface area contributed by atoms with E-state index in [1.807, 2.05) is 33.6 Å². The monoisotopic (exact) mass is 453 g/mol. The Hall–Kier alpha value is -0.570. The van der Waals surface area contributed by atoms with Crippen LogP contribution in [-0.2, 0) is 4.79 Å². The number of benzene rings is 1. The van der Waals surface area contributed by atoms with Crippen LogP contribution in [0.1, 0.15) is 17.2 Å². The minimum absolute atomic E-state index is 0.187. The molecule has 0 saturated carbocycles. The highest BCUT2D eigenvalue weighted by Gasteiger charge is 2.28. The highest BCUT2D eigenvalue weighted by molar-refractivity contribution is 14.1. The first-order valence-electron chi connectivity index (χ1n) is 4.85. The van der Waals surface area contributed by atoms with Gasteiger partial charge in [0.05, 0.1) is 34.5 Å². The molecule has 5 heteroatoms. The fourth-order valence-corrected chi connectivity index (χ4v) is 3.28. The lowest BCUT2D eigenvalue weighted by molar-refractivity contribution is -0.133. The zero-order chi connectivity index (χ0) is 12.6. The lowest BCUT2D eigenvalue weighted by Crippen LogP contribution is -2.23. The molecule has 1 heterocycles. The summed E-state index contributed by atoms with van der Waals surface area (Å²) in [5, 5.41) is 9.09. The average Bonchev–Trinajstić information content (AvgIpc) is 2.28. The van der Waals surface area contributed by atoms with Gasteiger partial charge >= 0.3 is 5.97 Å². The molecule has 0 aromatic heterocycles.